The van der Waals surface area contributed by atoms with Gasteiger partial charge < -0.3 is 0 Å². The second-order valence-corrected chi connectivity index (χ2v) is 7.37. The van der Waals surface area contributed by atoms with E-state index in [1.165, 1.54) is 33.7 Å². The highest BCUT2D eigenvalue weighted by Crippen LogP contribution is 2.37. The summed E-state index contributed by atoms with van der Waals surface area (Å²) in [4.78, 5) is 12.0. The molecule has 0 radical (unpaired) electrons. The lowest BCUT2D eigenvalue weighted by Gasteiger charge is -2.31. The van der Waals surface area contributed by atoms with Gasteiger partial charge in [0, 0.05) is 36.4 Å². The second kappa shape index (κ2) is 6.75. The molecule has 0 fully saturated rings. The number of hydrogen-bond acceptors (Lipinski definition) is 3. The smallest absolute Gasteiger partial charge is 0.0772 e. The molecule has 0 atom stereocenters. The highest BCUT2D eigenvalue weighted by molar-refractivity contribution is 6.09. The molecule has 0 aliphatic carbocycles. The van der Waals surface area contributed by atoms with Crippen molar-refractivity contribution in [1.29, 1.82) is 0 Å². The van der Waals surface area contributed by atoms with Crippen LogP contribution >= 0.6 is 0 Å². The summed E-state index contributed by atoms with van der Waals surface area (Å²) in [5.74, 6) is 0. The Balaban J connectivity index is 1.83. The van der Waals surface area contributed by atoms with E-state index in [0.717, 1.165) is 42.8 Å². The second-order valence-electron chi connectivity index (χ2n) is 7.37. The summed E-state index contributed by atoms with van der Waals surface area (Å²) in [6.45, 7) is 5.48. The number of hydrogen-bond donors (Lipinski definition) is 0. The van der Waals surface area contributed by atoms with Gasteiger partial charge in [-0.15, -0.1) is 0 Å². The van der Waals surface area contributed by atoms with E-state index in [0.29, 0.717) is 0 Å². The number of aromatic nitrogens is 2. The Morgan fingerprint density at radius 1 is 1.00 bits per heavy atom. The van der Waals surface area contributed by atoms with E-state index in [1.54, 1.807) is 0 Å². The van der Waals surface area contributed by atoms with Crippen LogP contribution < -0.4 is 0 Å². The minimum Gasteiger partial charge on any atom is -0.299 e. The van der Waals surface area contributed by atoms with E-state index in [2.05, 4.69) is 59.3 Å². The van der Waals surface area contributed by atoms with Gasteiger partial charge in [-0.1, -0.05) is 37.3 Å². The van der Waals surface area contributed by atoms with Gasteiger partial charge in [-0.3, -0.25) is 9.88 Å². The lowest BCUT2D eigenvalue weighted by Crippen LogP contribution is -2.32. The molecule has 3 heterocycles. The minimum absolute atomic E-state index is 0.972. The van der Waals surface area contributed by atoms with Crippen LogP contribution in [0, 0.1) is 0 Å². The molecule has 134 valence electrons. The molecule has 0 bridgehead atoms. The van der Waals surface area contributed by atoms with Crippen molar-refractivity contribution in [2.45, 2.75) is 26.3 Å². The lowest BCUT2D eigenvalue weighted by molar-refractivity contribution is 0.255. The Bertz CT molecular complexity index is 1120. The van der Waals surface area contributed by atoms with E-state index in [9.17, 15) is 0 Å². The number of benzene rings is 2. The van der Waals surface area contributed by atoms with Crippen LogP contribution in [0.2, 0.25) is 0 Å². The molecule has 5 rings (SSSR count). The van der Waals surface area contributed by atoms with Gasteiger partial charge in [0.25, 0.3) is 0 Å². The zero-order chi connectivity index (χ0) is 18.2. The molecule has 0 saturated carbocycles. The van der Waals surface area contributed by atoms with E-state index in [1.807, 2.05) is 18.5 Å². The molecule has 1 aliphatic heterocycles. The van der Waals surface area contributed by atoms with Gasteiger partial charge in [-0.05, 0) is 59.5 Å². The molecule has 1 aliphatic rings. The van der Waals surface area contributed by atoms with Crippen LogP contribution in [0.4, 0.5) is 0 Å². The van der Waals surface area contributed by atoms with Gasteiger partial charge in [0.15, 0.2) is 0 Å². The molecule has 0 saturated heterocycles. The first-order valence-electron chi connectivity index (χ1n) is 9.81. The molecule has 3 nitrogen and oxygen atoms in total. The van der Waals surface area contributed by atoms with E-state index >= 15 is 0 Å². The third kappa shape index (κ3) is 2.79. The first-order valence-corrected chi connectivity index (χ1v) is 9.81. The van der Waals surface area contributed by atoms with Gasteiger partial charge in [-0.2, -0.15) is 0 Å². The summed E-state index contributed by atoms with van der Waals surface area (Å²) in [6, 6.07) is 17.2. The summed E-state index contributed by atoms with van der Waals surface area (Å²) in [5.41, 5.74) is 6.16. The van der Waals surface area contributed by atoms with Crippen molar-refractivity contribution in [3.05, 3.63) is 72.1 Å². The topological polar surface area (TPSA) is 29.0 Å². The Morgan fingerprint density at radius 2 is 1.93 bits per heavy atom. The summed E-state index contributed by atoms with van der Waals surface area (Å²) < 4.78 is 0. The maximum atomic E-state index is 5.14. The molecule has 2 aromatic carbocycles. The first-order chi connectivity index (χ1) is 13.3. The van der Waals surface area contributed by atoms with Gasteiger partial charge in [0.2, 0.25) is 0 Å². The average molecular weight is 353 g/mol. The van der Waals surface area contributed by atoms with Gasteiger partial charge in [0.1, 0.15) is 0 Å². The third-order valence-electron chi connectivity index (χ3n) is 5.63. The molecule has 3 heteroatoms. The number of rotatable bonds is 3. The fourth-order valence-corrected chi connectivity index (χ4v) is 4.42. The van der Waals surface area contributed by atoms with Gasteiger partial charge >= 0.3 is 0 Å². The molecule has 0 N–H and O–H groups in total. The summed E-state index contributed by atoms with van der Waals surface area (Å²) >= 11 is 0. The fourth-order valence-electron chi connectivity index (χ4n) is 4.42. The number of nitrogens with zero attached hydrogens (tertiary/aromatic N) is 3. The Labute approximate surface area is 159 Å². The van der Waals surface area contributed by atoms with Crippen LogP contribution in [0.3, 0.4) is 0 Å². The van der Waals surface area contributed by atoms with Crippen LogP contribution in [0.15, 0.2) is 60.9 Å². The van der Waals surface area contributed by atoms with Crippen molar-refractivity contribution >= 4 is 21.7 Å². The lowest BCUT2D eigenvalue weighted by atomic mass is 9.90. The van der Waals surface area contributed by atoms with E-state index in [-0.39, 0.29) is 0 Å². The summed E-state index contributed by atoms with van der Waals surface area (Å²) in [6.07, 6.45) is 6.03. The van der Waals surface area contributed by atoms with Crippen LogP contribution in [0.5, 0.6) is 0 Å². The SMILES string of the molecule is CCCN1CCc2c(c(-c3cccnc3)nc3ccc4ccccc4c23)C1. The van der Waals surface area contributed by atoms with Crippen molar-refractivity contribution < 1.29 is 0 Å². The maximum Gasteiger partial charge on any atom is 0.0772 e. The van der Waals surface area contributed by atoms with Crippen LogP contribution in [0.25, 0.3) is 32.9 Å². The van der Waals surface area contributed by atoms with Crippen LogP contribution in [0.1, 0.15) is 24.5 Å². The molecule has 2 aromatic heterocycles. The Hall–Kier alpha value is -2.78. The fraction of sp³-hybridized carbons (Fsp3) is 0.250. The molecular weight excluding hydrogens is 330 g/mol. The van der Waals surface area contributed by atoms with E-state index in [4.69, 9.17) is 4.98 Å². The normalized spacial score (nSPS) is 14.6. The predicted octanol–water partition coefficient (Wildman–Crippen LogP) is 5.22. The molecule has 27 heavy (non-hydrogen) atoms. The van der Waals surface area contributed by atoms with Crippen LogP contribution in [-0.2, 0) is 13.0 Å². The standard InChI is InChI=1S/C24H23N3/c1-2-13-27-14-11-20-21(16-27)24(18-7-5-12-25-15-18)26-22-10-9-17-6-3-4-8-19(17)23(20)22/h3-10,12,15H,2,11,13-14,16H2,1H3. The predicted molar refractivity (Wildman–Crippen MR) is 112 cm³/mol. The monoisotopic (exact) mass is 353 g/mol. The van der Waals surface area contributed by atoms with Gasteiger partial charge in [0.05, 0.1) is 11.2 Å². The van der Waals surface area contributed by atoms with Crippen molar-refractivity contribution in [3.63, 3.8) is 0 Å². The number of fused-ring (bicyclic) bond motifs is 5. The largest absolute Gasteiger partial charge is 0.299 e. The van der Waals surface area contributed by atoms with Crippen LogP contribution in [-0.4, -0.2) is 28.0 Å². The Morgan fingerprint density at radius 3 is 2.78 bits per heavy atom. The van der Waals surface area contributed by atoms with Gasteiger partial charge in [-0.25, -0.2) is 4.98 Å². The molecular formula is C24H23N3. The quantitative estimate of drug-likeness (QED) is 0.473. The third-order valence-corrected chi connectivity index (χ3v) is 5.63. The molecule has 0 spiro atoms. The Kier molecular flexibility index (Phi) is 4.10. The molecule has 4 aromatic rings. The van der Waals surface area contributed by atoms with Crippen molar-refractivity contribution in [2.75, 3.05) is 13.1 Å². The van der Waals surface area contributed by atoms with E-state index < -0.39 is 0 Å². The highest BCUT2D eigenvalue weighted by atomic mass is 15.1. The zero-order valence-electron chi connectivity index (χ0n) is 15.7. The number of pyridine rings is 2. The zero-order valence-corrected chi connectivity index (χ0v) is 15.7. The molecule has 0 unspecified atom stereocenters. The highest BCUT2D eigenvalue weighted by Gasteiger charge is 2.24. The maximum absolute atomic E-state index is 5.14. The first kappa shape index (κ1) is 16.4. The summed E-state index contributed by atoms with van der Waals surface area (Å²) in [7, 11) is 0. The van der Waals surface area contributed by atoms with Crippen molar-refractivity contribution in [3.8, 4) is 11.3 Å². The van der Waals surface area contributed by atoms with Crippen molar-refractivity contribution in [2.24, 2.45) is 0 Å². The average Bonchev–Trinajstić information content (AvgIpc) is 2.73. The molecule has 0 amide bonds. The summed E-state index contributed by atoms with van der Waals surface area (Å²) in [5, 5.41) is 3.95. The minimum atomic E-state index is 0.972. The van der Waals surface area contributed by atoms with Crippen molar-refractivity contribution in [1.82, 2.24) is 14.9 Å².